The Morgan fingerprint density at radius 3 is 2.52 bits per heavy atom. The first-order chi connectivity index (χ1) is 20.8. The van der Waals surface area contributed by atoms with Crippen molar-refractivity contribution in [2.45, 2.75) is 51.4 Å². The molecular formula is C32H30F3N5O3S. The van der Waals surface area contributed by atoms with E-state index in [1.165, 1.54) is 23.5 Å². The lowest BCUT2D eigenvalue weighted by atomic mass is 10.0. The normalized spacial score (nSPS) is 15.0. The van der Waals surface area contributed by atoms with E-state index in [1.54, 1.807) is 35.4 Å². The Labute approximate surface area is 256 Å². The number of thiophene rings is 1. The number of alkyl halides is 3. The Kier molecular flexibility index (Phi) is 8.43. The quantitative estimate of drug-likeness (QED) is 0.201. The first-order valence-electron chi connectivity index (χ1n) is 13.8. The summed E-state index contributed by atoms with van der Waals surface area (Å²) < 4.78 is 45.3. The molecule has 1 atom stereocenters. The molecule has 0 aliphatic carbocycles. The van der Waals surface area contributed by atoms with Crippen LogP contribution >= 0.6 is 11.3 Å². The van der Waals surface area contributed by atoms with Gasteiger partial charge in [-0.15, -0.1) is 11.3 Å². The summed E-state index contributed by atoms with van der Waals surface area (Å²) in [6.45, 7) is 6.08. The van der Waals surface area contributed by atoms with E-state index in [2.05, 4.69) is 27.5 Å². The minimum absolute atomic E-state index is 0.0195. The molecule has 2 aromatic carbocycles. The second kappa shape index (κ2) is 12.1. The number of anilines is 3. The standard InChI is InChI=1S/C32H30F3N5O3S/c1-31(2,3)43-30(42)40-15-5-8-24(40)14-11-20-17-37-28(36)26-25(18-44-27(20)26)19-9-12-22(13-10-19)38-29(41)39-23-7-4-6-21(16-23)32(33,34)35/h4,6-7,9-10,12-13,16-18,24H,5,8,15H2,1-3H3,(H2,36,37)(H2,38,39,41)/t24-/m0/s1. The number of urea groups is 1. The number of amides is 3. The maximum Gasteiger partial charge on any atom is 0.416 e. The van der Waals surface area contributed by atoms with E-state index in [0.717, 1.165) is 46.2 Å². The number of likely N-dealkylation sites (tertiary alicyclic amines) is 1. The molecule has 0 radical (unpaired) electrons. The van der Waals surface area contributed by atoms with Crippen LogP contribution in [0, 0.1) is 11.8 Å². The first kappa shape index (κ1) is 30.7. The fourth-order valence-corrected chi connectivity index (χ4v) is 5.84. The molecule has 0 saturated carbocycles. The van der Waals surface area contributed by atoms with Gasteiger partial charge in [0.1, 0.15) is 11.4 Å². The molecule has 3 amide bonds. The minimum Gasteiger partial charge on any atom is -0.444 e. The van der Waals surface area contributed by atoms with Crippen LogP contribution in [0.1, 0.15) is 44.7 Å². The maximum atomic E-state index is 13.0. The summed E-state index contributed by atoms with van der Waals surface area (Å²) >= 11 is 1.48. The van der Waals surface area contributed by atoms with Crippen molar-refractivity contribution in [2.24, 2.45) is 0 Å². The topological polar surface area (TPSA) is 110 Å². The van der Waals surface area contributed by atoms with Gasteiger partial charge in [-0.3, -0.25) is 4.90 Å². The number of ether oxygens (including phenoxy) is 1. The molecule has 1 fully saturated rings. The van der Waals surface area contributed by atoms with E-state index >= 15 is 0 Å². The Balaban J connectivity index is 1.31. The van der Waals surface area contributed by atoms with Gasteiger partial charge in [0.2, 0.25) is 0 Å². The minimum atomic E-state index is -4.51. The van der Waals surface area contributed by atoms with Gasteiger partial charge in [-0.25, -0.2) is 14.6 Å². The van der Waals surface area contributed by atoms with Crippen LogP contribution in [0.15, 0.2) is 60.1 Å². The van der Waals surface area contributed by atoms with E-state index in [1.807, 2.05) is 26.2 Å². The van der Waals surface area contributed by atoms with Crippen LogP contribution in [0.3, 0.4) is 0 Å². The lowest BCUT2D eigenvalue weighted by Crippen LogP contribution is -2.39. The van der Waals surface area contributed by atoms with Gasteiger partial charge in [0.05, 0.1) is 21.9 Å². The molecule has 1 aliphatic rings. The molecule has 0 spiro atoms. The summed E-state index contributed by atoms with van der Waals surface area (Å²) in [5, 5.41) is 7.75. The maximum absolute atomic E-state index is 13.0. The number of nitrogens with one attached hydrogen (secondary N) is 2. The molecule has 228 valence electrons. The van der Waals surface area contributed by atoms with Crippen molar-refractivity contribution in [3.8, 4) is 23.0 Å². The third kappa shape index (κ3) is 7.06. The van der Waals surface area contributed by atoms with Crippen molar-refractivity contribution in [3.63, 3.8) is 0 Å². The highest BCUT2D eigenvalue weighted by Gasteiger charge is 2.32. The second-order valence-electron chi connectivity index (χ2n) is 11.2. The monoisotopic (exact) mass is 621 g/mol. The number of rotatable bonds is 3. The molecule has 12 heteroatoms. The molecule has 3 heterocycles. The van der Waals surface area contributed by atoms with Crippen LogP contribution < -0.4 is 16.4 Å². The molecule has 1 saturated heterocycles. The Morgan fingerprint density at radius 2 is 1.82 bits per heavy atom. The van der Waals surface area contributed by atoms with Crippen molar-refractivity contribution in [1.29, 1.82) is 0 Å². The third-order valence-electron chi connectivity index (χ3n) is 6.78. The number of hydrogen-bond donors (Lipinski definition) is 3. The van der Waals surface area contributed by atoms with Crippen LogP contribution in [-0.4, -0.2) is 40.2 Å². The average Bonchev–Trinajstić information content (AvgIpc) is 3.60. The summed E-state index contributed by atoms with van der Waals surface area (Å²) in [6.07, 6.45) is -1.66. The van der Waals surface area contributed by atoms with Gasteiger partial charge in [0.25, 0.3) is 0 Å². The summed E-state index contributed by atoms with van der Waals surface area (Å²) in [6, 6.07) is 10.4. The highest BCUT2D eigenvalue weighted by molar-refractivity contribution is 7.18. The van der Waals surface area contributed by atoms with E-state index in [0.29, 0.717) is 23.6 Å². The van der Waals surface area contributed by atoms with Crippen LogP contribution in [0.25, 0.3) is 21.2 Å². The largest absolute Gasteiger partial charge is 0.444 e. The number of halogens is 3. The fraction of sp³-hybridized carbons (Fsp3) is 0.281. The van der Waals surface area contributed by atoms with E-state index < -0.39 is 23.4 Å². The number of benzene rings is 2. The third-order valence-corrected chi connectivity index (χ3v) is 7.79. The van der Waals surface area contributed by atoms with Gasteiger partial charge in [0.15, 0.2) is 0 Å². The molecule has 4 N–H and O–H groups in total. The molecule has 44 heavy (non-hydrogen) atoms. The number of aromatic nitrogens is 1. The molecule has 2 aromatic heterocycles. The van der Waals surface area contributed by atoms with E-state index in [9.17, 15) is 22.8 Å². The van der Waals surface area contributed by atoms with Crippen LogP contribution in [0.4, 0.5) is 40.0 Å². The number of pyridine rings is 1. The summed E-state index contributed by atoms with van der Waals surface area (Å²) in [7, 11) is 0. The van der Waals surface area contributed by atoms with Gasteiger partial charge in [0, 0.05) is 35.1 Å². The lowest BCUT2D eigenvalue weighted by molar-refractivity contribution is -0.137. The van der Waals surface area contributed by atoms with Crippen molar-refractivity contribution < 1.29 is 27.5 Å². The smallest absolute Gasteiger partial charge is 0.416 e. The van der Waals surface area contributed by atoms with Gasteiger partial charge in [-0.1, -0.05) is 30.0 Å². The number of hydrogen-bond acceptors (Lipinski definition) is 6. The molecule has 8 nitrogen and oxygen atoms in total. The number of carbonyl (C=O) groups is 2. The van der Waals surface area contributed by atoms with E-state index in [-0.39, 0.29) is 17.8 Å². The predicted octanol–water partition coefficient (Wildman–Crippen LogP) is 7.96. The molecule has 0 bridgehead atoms. The van der Waals surface area contributed by atoms with Crippen molar-refractivity contribution in [3.05, 3.63) is 71.2 Å². The van der Waals surface area contributed by atoms with Crippen LogP contribution in [-0.2, 0) is 10.9 Å². The van der Waals surface area contributed by atoms with Crippen molar-refractivity contribution >= 4 is 50.7 Å². The number of carbonyl (C=O) groups excluding carboxylic acids is 2. The van der Waals surface area contributed by atoms with Gasteiger partial charge in [-0.05, 0) is 74.9 Å². The number of fused-ring (bicyclic) bond motifs is 1. The number of nitrogens with two attached hydrogens (primary N) is 1. The Hall–Kier alpha value is -4.76. The molecule has 0 unspecified atom stereocenters. The van der Waals surface area contributed by atoms with Crippen molar-refractivity contribution in [2.75, 3.05) is 22.9 Å². The zero-order valence-corrected chi connectivity index (χ0v) is 25.0. The molecule has 1 aliphatic heterocycles. The zero-order valence-electron chi connectivity index (χ0n) is 24.2. The Bertz CT molecular complexity index is 1770. The zero-order chi connectivity index (χ0) is 31.6. The van der Waals surface area contributed by atoms with Gasteiger partial charge < -0.3 is 21.1 Å². The van der Waals surface area contributed by atoms with Gasteiger partial charge >= 0.3 is 18.3 Å². The lowest BCUT2D eigenvalue weighted by Gasteiger charge is -2.26. The highest BCUT2D eigenvalue weighted by atomic mass is 32.1. The summed E-state index contributed by atoms with van der Waals surface area (Å²) in [5.74, 6) is 6.78. The first-order valence-corrected chi connectivity index (χ1v) is 14.7. The SMILES string of the molecule is CC(C)(C)OC(=O)N1CCC[C@H]1C#Cc1cnc(N)c2c(-c3ccc(NC(=O)Nc4cccc(C(F)(F)F)c4)cc3)csc12. The number of nitrogen functional groups attached to an aromatic ring is 1. The molecule has 5 rings (SSSR count). The Morgan fingerprint density at radius 1 is 1.09 bits per heavy atom. The van der Waals surface area contributed by atoms with Crippen molar-refractivity contribution in [1.82, 2.24) is 9.88 Å². The second-order valence-corrected chi connectivity index (χ2v) is 12.1. The fourth-order valence-electron chi connectivity index (χ4n) is 4.79. The summed E-state index contributed by atoms with van der Waals surface area (Å²) in [4.78, 5) is 31.1. The molecular weight excluding hydrogens is 591 g/mol. The van der Waals surface area contributed by atoms with Crippen LogP contribution in [0.5, 0.6) is 0 Å². The van der Waals surface area contributed by atoms with Crippen LogP contribution in [0.2, 0.25) is 0 Å². The van der Waals surface area contributed by atoms with Gasteiger partial charge in [-0.2, -0.15) is 13.2 Å². The predicted molar refractivity (Wildman–Crippen MR) is 166 cm³/mol. The van der Waals surface area contributed by atoms with E-state index in [4.69, 9.17) is 10.5 Å². The average molecular weight is 622 g/mol. The summed E-state index contributed by atoms with van der Waals surface area (Å²) in [5.41, 5.74) is 7.68. The molecule has 4 aromatic rings. The highest BCUT2D eigenvalue weighted by Crippen LogP contribution is 2.39. The number of nitrogens with zero attached hydrogens (tertiary/aromatic N) is 2.